The van der Waals surface area contributed by atoms with Gasteiger partial charge in [0.15, 0.2) is 11.5 Å². The van der Waals surface area contributed by atoms with Crippen LogP contribution in [-0.4, -0.2) is 29.4 Å². The second kappa shape index (κ2) is 4.11. The average Bonchev–Trinajstić information content (AvgIpc) is 3.11. The van der Waals surface area contributed by atoms with E-state index in [1.807, 2.05) is 43.3 Å². The minimum Gasteiger partial charge on any atom is -0.214 e. The number of para-hydroxylation sites is 1. The normalized spacial score (nSPS) is 11.0. The predicted octanol–water partition coefficient (Wildman–Crippen LogP) is 1.64. The monoisotopic (exact) mass is 275 g/mol. The van der Waals surface area contributed by atoms with Crippen LogP contribution in [0.25, 0.3) is 22.4 Å². The van der Waals surface area contributed by atoms with Crippen molar-refractivity contribution in [3.63, 3.8) is 0 Å². The molecule has 7 heteroatoms. The molecule has 0 spiro atoms. The fourth-order valence-corrected chi connectivity index (χ4v) is 2.35. The number of hydrogen-bond donors (Lipinski definition) is 0. The van der Waals surface area contributed by atoms with E-state index in [1.165, 1.54) is 11.0 Å². The van der Waals surface area contributed by atoms with Crippen LogP contribution in [0.15, 0.2) is 36.7 Å². The summed E-state index contributed by atoms with van der Waals surface area (Å²) >= 11 is 0. The lowest BCUT2D eigenvalue weighted by atomic mass is 10.2. The van der Waals surface area contributed by atoms with Gasteiger partial charge in [0, 0.05) is 11.5 Å². The lowest BCUT2D eigenvalue weighted by molar-refractivity contribution is 0.842. The Kier molecular flexibility index (Phi) is 2.26. The van der Waals surface area contributed by atoms with Crippen molar-refractivity contribution in [1.29, 1.82) is 5.26 Å². The van der Waals surface area contributed by atoms with Crippen molar-refractivity contribution in [3.05, 3.63) is 48.2 Å². The van der Waals surface area contributed by atoms with Crippen molar-refractivity contribution in [1.82, 2.24) is 29.4 Å². The molecule has 0 unspecified atom stereocenters. The van der Waals surface area contributed by atoms with Crippen LogP contribution in [-0.2, 0) is 0 Å². The molecule has 0 aliphatic carbocycles. The average molecular weight is 275 g/mol. The second-order valence-corrected chi connectivity index (χ2v) is 4.63. The summed E-state index contributed by atoms with van der Waals surface area (Å²) in [5.41, 5.74) is 2.55. The van der Waals surface area contributed by atoms with E-state index in [4.69, 9.17) is 5.26 Å². The molecule has 7 nitrogen and oxygen atoms in total. The Bertz CT molecular complexity index is 1020. The Morgan fingerprint density at radius 3 is 2.86 bits per heavy atom. The van der Waals surface area contributed by atoms with Crippen molar-refractivity contribution >= 4 is 16.6 Å². The SMILES string of the molecule is Cc1cc2nc(-n3cnc(C#N)n3)c3ccccc3n2n1. The molecule has 4 rings (SSSR count). The van der Waals surface area contributed by atoms with E-state index < -0.39 is 0 Å². The molecule has 0 radical (unpaired) electrons. The number of rotatable bonds is 1. The Labute approximate surface area is 119 Å². The molecule has 4 aromatic rings. The molecule has 0 amide bonds. The summed E-state index contributed by atoms with van der Waals surface area (Å²) in [5, 5.41) is 18.3. The summed E-state index contributed by atoms with van der Waals surface area (Å²) in [5.74, 6) is 0.748. The van der Waals surface area contributed by atoms with Crippen molar-refractivity contribution in [2.24, 2.45) is 0 Å². The number of hydrogen-bond acceptors (Lipinski definition) is 5. The molecule has 0 saturated heterocycles. The van der Waals surface area contributed by atoms with Crippen LogP contribution in [0, 0.1) is 18.3 Å². The Morgan fingerprint density at radius 2 is 2.05 bits per heavy atom. The molecule has 1 aromatic carbocycles. The van der Waals surface area contributed by atoms with Gasteiger partial charge in [-0.2, -0.15) is 10.4 Å². The molecule has 0 aliphatic heterocycles. The number of fused-ring (bicyclic) bond motifs is 3. The van der Waals surface area contributed by atoms with Gasteiger partial charge in [-0.1, -0.05) is 12.1 Å². The number of benzene rings is 1. The maximum absolute atomic E-state index is 8.86. The van der Waals surface area contributed by atoms with Gasteiger partial charge < -0.3 is 0 Å². The molecular weight excluding hydrogens is 266 g/mol. The number of aromatic nitrogens is 6. The highest BCUT2D eigenvalue weighted by Gasteiger charge is 2.12. The third-order valence-electron chi connectivity index (χ3n) is 3.22. The van der Waals surface area contributed by atoms with Gasteiger partial charge in [-0.15, -0.1) is 5.10 Å². The van der Waals surface area contributed by atoms with Gasteiger partial charge in [0.1, 0.15) is 12.4 Å². The molecular formula is C14H9N7. The summed E-state index contributed by atoms with van der Waals surface area (Å²) in [6.45, 7) is 1.92. The molecule has 0 saturated carbocycles. The van der Waals surface area contributed by atoms with Crippen LogP contribution in [0.5, 0.6) is 0 Å². The van der Waals surface area contributed by atoms with E-state index in [1.54, 1.807) is 4.52 Å². The predicted molar refractivity (Wildman–Crippen MR) is 74.9 cm³/mol. The van der Waals surface area contributed by atoms with Crippen molar-refractivity contribution in [2.45, 2.75) is 6.92 Å². The maximum Gasteiger partial charge on any atom is 0.252 e. The highest BCUT2D eigenvalue weighted by molar-refractivity contribution is 5.87. The van der Waals surface area contributed by atoms with Crippen LogP contribution < -0.4 is 0 Å². The van der Waals surface area contributed by atoms with Crippen molar-refractivity contribution in [2.75, 3.05) is 0 Å². The summed E-state index contributed by atoms with van der Waals surface area (Å²) in [6, 6.07) is 11.6. The van der Waals surface area contributed by atoms with Crippen LogP contribution in [0.2, 0.25) is 0 Å². The lowest BCUT2D eigenvalue weighted by Gasteiger charge is -2.06. The van der Waals surface area contributed by atoms with Crippen LogP contribution >= 0.6 is 0 Å². The molecule has 0 N–H and O–H groups in total. The number of nitriles is 1. The van der Waals surface area contributed by atoms with E-state index in [9.17, 15) is 0 Å². The molecule has 0 fully saturated rings. The Balaban J connectivity index is 2.13. The van der Waals surface area contributed by atoms with Gasteiger partial charge >= 0.3 is 0 Å². The summed E-state index contributed by atoms with van der Waals surface area (Å²) in [6.07, 6.45) is 1.49. The molecule has 21 heavy (non-hydrogen) atoms. The highest BCUT2D eigenvalue weighted by atomic mass is 15.4. The first-order valence-electron chi connectivity index (χ1n) is 6.33. The lowest BCUT2D eigenvalue weighted by Crippen LogP contribution is -2.03. The molecule has 0 aliphatic rings. The smallest absolute Gasteiger partial charge is 0.214 e. The first-order valence-corrected chi connectivity index (χ1v) is 6.33. The van der Waals surface area contributed by atoms with Crippen molar-refractivity contribution < 1.29 is 0 Å². The Morgan fingerprint density at radius 1 is 1.19 bits per heavy atom. The fraction of sp³-hybridized carbons (Fsp3) is 0.0714. The Hall–Kier alpha value is -3.27. The third kappa shape index (κ3) is 1.66. The van der Waals surface area contributed by atoms with Gasteiger partial charge in [0.05, 0.1) is 11.2 Å². The summed E-state index contributed by atoms with van der Waals surface area (Å²) in [7, 11) is 0. The number of nitrogens with zero attached hydrogens (tertiary/aromatic N) is 7. The minimum atomic E-state index is 0.116. The van der Waals surface area contributed by atoms with Crippen LogP contribution in [0.3, 0.4) is 0 Å². The largest absolute Gasteiger partial charge is 0.252 e. The topological polar surface area (TPSA) is 84.7 Å². The standard InChI is InChI=1S/C14H9N7/c1-9-6-13-17-14(20-8-16-12(7-15)19-20)10-4-2-3-5-11(10)21(13)18-9/h2-6,8H,1H3. The first kappa shape index (κ1) is 11.5. The van der Waals surface area contributed by atoms with Gasteiger partial charge in [-0.25, -0.2) is 19.2 Å². The first-order chi connectivity index (χ1) is 10.3. The van der Waals surface area contributed by atoms with Crippen LogP contribution in [0.1, 0.15) is 11.5 Å². The maximum atomic E-state index is 8.86. The van der Waals surface area contributed by atoms with Gasteiger partial charge in [0.25, 0.3) is 5.82 Å². The fourth-order valence-electron chi connectivity index (χ4n) is 2.35. The van der Waals surface area contributed by atoms with Crippen LogP contribution in [0.4, 0.5) is 0 Å². The van der Waals surface area contributed by atoms with E-state index in [-0.39, 0.29) is 5.82 Å². The van der Waals surface area contributed by atoms with Crippen molar-refractivity contribution in [3.8, 4) is 11.9 Å². The van der Waals surface area contributed by atoms with E-state index in [0.29, 0.717) is 5.82 Å². The minimum absolute atomic E-state index is 0.116. The molecule has 100 valence electrons. The molecule has 3 aromatic heterocycles. The molecule has 0 bridgehead atoms. The highest BCUT2D eigenvalue weighted by Crippen LogP contribution is 2.21. The zero-order valence-electron chi connectivity index (χ0n) is 11.1. The zero-order valence-corrected chi connectivity index (χ0v) is 11.1. The van der Waals surface area contributed by atoms with Gasteiger partial charge in [-0.05, 0) is 19.1 Å². The second-order valence-electron chi connectivity index (χ2n) is 4.63. The molecule has 3 heterocycles. The van der Waals surface area contributed by atoms with E-state index in [0.717, 1.165) is 22.2 Å². The molecule has 0 atom stereocenters. The zero-order chi connectivity index (χ0) is 14.4. The van der Waals surface area contributed by atoms with E-state index >= 15 is 0 Å². The van der Waals surface area contributed by atoms with E-state index in [2.05, 4.69) is 20.2 Å². The summed E-state index contributed by atoms with van der Waals surface area (Å²) < 4.78 is 3.32. The third-order valence-corrected chi connectivity index (χ3v) is 3.22. The number of aryl methyl sites for hydroxylation is 1. The van der Waals surface area contributed by atoms with Gasteiger partial charge in [0.2, 0.25) is 0 Å². The van der Waals surface area contributed by atoms with Gasteiger partial charge in [-0.3, -0.25) is 0 Å². The quantitative estimate of drug-likeness (QED) is 0.527. The summed E-state index contributed by atoms with van der Waals surface area (Å²) in [4.78, 5) is 8.53.